The van der Waals surface area contributed by atoms with E-state index in [0.717, 1.165) is 10.4 Å². The lowest BCUT2D eigenvalue weighted by Gasteiger charge is -2.44. The van der Waals surface area contributed by atoms with E-state index in [4.69, 9.17) is 37.0 Å². The molecule has 0 aliphatic heterocycles. The quantitative estimate of drug-likeness (QED) is 0.137. The average Bonchev–Trinajstić information content (AvgIpc) is 2.84. The number of rotatable bonds is 20. The van der Waals surface area contributed by atoms with Crippen molar-refractivity contribution in [2.45, 2.75) is 105 Å². The van der Waals surface area contributed by atoms with Gasteiger partial charge in [0.25, 0.3) is 0 Å². The molecule has 0 amide bonds. The summed E-state index contributed by atoms with van der Waals surface area (Å²) in [6.45, 7) is 33.6. The molecular formula is C28H58O9Si10. The minimum absolute atomic E-state index is 1.08. The van der Waals surface area contributed by atoms with Crippen molar-refractivity contribution < 1.29 is 37.0 Å². The molecule has 0 unspecified atom stereocenters. The van der Waals surface area contributed by atoms with E-state index in [-0.39, 0.29) is 0 Å². The monoisotopic (exact) mass is 818 g/mol. The third kappa shape index (κ3) is 16.4. The van der Waals surface area contributed by atoms with E-state index in [9.17, 15) is 0 Å². The first-order valence-electron chi connectivity index (χ1n) is 16.0. The van der Waals surface area contributed by atoms with Gasteiger partial charge in [-0.05, 0) is 115 Å². The Balaban J connectivity index is 2.15. The van der Waals surface area contributed by atoms with Crippen molar-refractivity contribution in [3.63, 3.8) is 0 Å². The van der Waals surface area contributed by atoms with Gasteiger partial charge >= 0.3 is 71.4 Å². The van der Waals surface area contributed by atoms with Gasteiger partial charge in [-0.1, -0.05) is 60.7 Å². The van der Waals surface area contributed by atoms with Gasteiger partial charge < -0.3 is 37.0 Å². The highest BCUT2D eigenvalue weighted by Crippen LogP contribution is 2.27. The van der Waals surface area contributed by atoms with E-state index < -0.39 is 88.0 Å². The molecule has 9 nitrogen and oxygen atoms in total. The molecule has 4 radical (unpaired) electrons. The molecule has 0 atom stereocenters. The van der Waals surface area contributed by atoms with Crippen LogP contribution < -0.4 is 10.4 Å². The van der Waals surface area contributed by atoms with E-state index >= 15 is 0 Å². The molecule has 0 aromatic heterocycles. The van der Waals surface area contributed by atoms with Crippen LogP contribution in [0.1, 0.15) is 0 Å². The SMILES string of the molecule is C[Si](O[Si](C)O[Si](C)O[Si](C)(C)O[Si](C)(C)O[Si](C)(C)O[Si](O[Si](C)(C)C)(c1ccccc1)c1ccccc1)O[Si](C)O[Si](C)(C)C. The zero-order valence-corrected chi connectivity index (χ0v) is 41.4. The Morgan fingerprint density at radius 2 is 0.745 bits per heavy atom. The minimum atomic E-state index is -3.15. The largest absolute Gasteiger partial charge is 0.436 e. The van der Waals surface area contributed by atoms with Gasteiger partial charge in [-0.3, -0.25) is 0 Å². The van der Waals surface area contributed by atoms with Crippen molar-refractivity contribution >= 4 is 98.4 Å². The van der Waals surface area contributed by atoms with Crippen molar-refractivity contribution in [3.05, 3.63) is 60.7 Å². The molecule has 0 heterocycles. The number of hydrogen-bond donors (Lipinski definition) is 0. The lowest BCUT2D eigenvalue weighted by molar-refractivity contribution is 0.276. The molecule has 19 heteroatoms. The highest BCUT2D eigenvalue weighted by Gasteiger charge is 2.52. The zero-order chi connectivity index (χ0) is 35.9. The lowest BCUT2D eigenvalue weighted by Crippen LogP contribution is -2.71. The summed E-state index contributed by atoms with van der Waals surface area (Å²) in [5.74, 6) is 0. The topological polar surface area (TPSA) is 83.1 Å². The van der Waals surface area contributed by atoms with Crippen LogP contribution in [-0.2, 0) is 37.0 Å². The van der Waals surface area contributed by atoms with Crippen LogP contribution in [0.5, 0.6) is 0 Å². The van der Waals surface area contributed by atoms with Crippen LogP contribution in [0.4, 0.5) is 0 Å². The van der Waals surface area contributed by atoms with Gasteiger partial charge in [-0.15, -0.1) is 0 Å². The second-order valence-electron chi connectivity index (χ2n) is 14.7. The third-order valence-corrected chi connectivity index (χ3v) is 36.2. The van der Waals surface area contributed by atoms with Crippen LogP contribution in [0, 0.1) is 0 Å². The van der Waals surface area contributed by atoms with Crippen molar-refractivity contribution in [2.24, 2.45) is 0 Å². The molecule has 0 N–H and O–H groups in total. The molecular weight excluding hydrogens is 761 g/mol. The van der Waals surface area contributed by atoms with E-state index in [1.165, 1.54) is 0 Å². The predicted molar refractivity (Wildman–Crippen MR) is 213 cm³/mol. The van der Waals surface area contributed by atoms with Gasteiger partial charge in [-0.25, -0.2) is 0 Å². The molecule has 264 valence electrons. The molecule has 0 saturated heterocycles. The summed E-state index contributed by atoms with van der Waals surface area (Å²) >= 11 is 0. The van der Waals surface area contributed by atoms with Crippen LogP contribution in [0.2, 0.25) is 105 Å². The fourth-order valence-electron chi connectivity index (χ4n) is 5.23. The Hall–Kier alpha value is 0.249. The molecule has 0 aliphatic rings. The third-order valence-electron chi connectivity index (χ3n) is 5.83. The van der Waals surface area contributed by atoms with Gasteiger partial charge in [0.15, 0.2) is 16.6 Å². The van der Waals surface area contributed by atoms with E-state index in [2.05, 4.69) is 127 Å². The van der Waals surface area contributed by atoms with Gasteiger partial charge in [0, 0.05) is 0 Å². The van der Waals surface area contributed by atoms with Crippen molar-refractivity contribution in [1.82, 2.24) is 0 Å². The second-order valence-corrected chi connectivity index (χ2v) is 45.2. The number of hydrogen-bond acceptors (Lipinski definition) is 9. The molecule has 2 aromatic carbocycles. The van der Waals surface area contributed by atoms with Crippen LogP contribution in [0.15, 0.2) is 60.7 Å². The first-order chi connectivity index (χ1) is 21.3. The molecule has 0 fully saturated rings. The normalized spacial score (nSPS) is 14.2. The Morgan fingerprint density at radius 1 is 0.383 bits per heavy atom. The summed E-state index contributed by atoms with van der Waals surface area (Å²) in [6, 6.07) is 20.8. The van der Waals surface area contributed by atoms with Gasteiger partial charge in [0.1, 0.15) is 0 Å². The fourth-order valence-corrected chi connectivity index (χ4v) is 39.8. The molecule has 0 spiro atoms. The Kier molecular flexibility index (Phi) is 16.3. The average molecular weight is 820 g/mol. The van der Waals surface area contributed by atoms with Gasteiger partial charge in [0.05, 0.1) is 0 Å². The highest BCUT2D eigenvalue weighted by molar-refractivity contribution is 7.02. The molecule has 47 heavy (non-hydrogen) atoms. The Bertz CT molecular complexity index is 1180. The fraction of sp³-hybridized carbons (Fsp3) is 0.571. The van der Waals surface area contributed by atoms with Crippen LogP contribution in [-0.4, -0.2) is 88.0 Å². The van der Waals surface area contributed by atoms with Crippen LogP contribution in [0.3, 0.4) is 0 Å². The van der Waals surface area contributed by atoms with Crippen molar-refractivity contribution in [1.29, 1.82) is 0 Å². The zero-order valence-electron chi connectivity index (χ0n) is 31.4. The summed E-state index contributed by atoms with van der Waals surface area (Å²) in [5, 5.41) is 2.15. The first-order valence-corrected chi connectivity index (χ1v) is 40.3. The minimum Gasteiger partial charge on any atom is -0.436 e. The molecule has 0 aliphatic carbocycles. The number of benzene rings is 2. The van der Waals surface area contributed by atoms with Gasteiger partial charge in [0.2, 0.25) is 0 Å². The second kappa shape index (κ2) is 17.6. The standard InChI is InChI=1S/C28H58O9Si10/c1-38(30-40(3)32-42(5,6)7)29-39(2)31-41(4)33-44(11,12)35-45(13,14)36-46(15,16)37-47(34-43(8,9)10,27-23-19-17-20-24-27)28-25-21-18-22-26-28/h17-26H,1-16H3. The lowest BCUT2D eigenvalue weighted by atomic mass is 10.4. The van der Waals surface area contributed by atoms with Crippen molar-refractivity contribution in [2.75, 3.05) is 0 Å². The summed E-state index contributed by atoms with van der Waals surface area (Å²) in [4.78, 5) is 0. The Morgan fingerprint density at radius 3 is 1.15 bits per heavy atom. The smallest absolute Gasteiger partial charge is 0.388 e. The summed E-state index contributed by atoms with van der Waals surface area (Å²) < 4.78 is 59.3. The molecule has 2 rings (SSSR count). The van der Waals surface area contributed by atoms with Crippen molar-refractivity contribution in [3.8, 4) is 0 Å². The summed E-state index contributed by atoms with van der Waals surface area (Å²) in [6.07, 6.45) is 0. The molecule has 0 bridgehead atoms. The van der Waals surface area contributed by atoms with E-state index in [1.54, 1.807) is 0 Å². The first kappa shape index (κ1) is 43.4. The van der Waals surface area contributed by atoms with E-state index in [0.29, 0.717) is 0 Å². The highest BCUT2D eigenvalue weighted by atomic mass is 28.5. The molecule has 0 saturated carbocycles. The maximum atomic E-state index is 7.30. The maximum Gasteiger partial charge on any atom is 0.388 e. The van der Waals surface area contributed by atoms with E-state index in [1.807, 2.05) is 38.3 Å². The maximum absolute atomic E-state index is 7.30. The summed E-state index contributed by atoms with van der Waals surface area (Å²) in [5.41, 5.74) is 0. The Labute approximate surface area is 299 Å². The van der Waals surface area contributed by atoms with Gasteiger partial charge in [-0.2, -0.15) is 0 Å². The predicted octanol–water partition coefficient (Wildman–Crippen LogP) is 6.64. The van der Waals surface area contributed by atoms with Crippen LogP contribution >= 0.6 is 0 Å². The summed E-state index contributed by atoms with van der Waals surface area (Å²) in [7, 11) is -21.1. The van der Waals surface area contributed by atoms with Crippen LogP contribution in [0.25, 0.3) is 0 Å². The molecule has 2 aromatic rings.